The number of rotatable bonds is 9. The minimum absolute atomic E-state index is 0.358. The molecule has 0 atom stereocenters. The van der Waals surface area contributed by atoms with E-state index in [1.165, 1.54) is 31.2 Å². The quantitative estimate of drug-likeness (QED) is 0.445. The van der Waals surface area contributed by atoms with Crippen LogP contribution in [0.3, 0.4) is 0 Å². The van der Waals surface area contributed by atoms with Crippen LogP contribution in [0.2, 0.25) is 0 Å². The van der Waals surface area contributed by atoms with Crippen molar-refractivity contribution in [3.05, 3.63) is 29.8 Å². The number of hydrogen-bond donors (Lipinski definition) is 0. The van der Waals surface area contributed by atoms with E-state index < -0.39 is 14.6 Å². The Hall–Kier alpha value is -1.03. The van der Waals surface area contributed by atoms with Gasteiger partial charge in [-0.15, -0.1) is 0 Å². The molecule has 0 saturated heterocycles. The number of benzene rings is 1. The zero-order valence-electron chi connectivity index (χ0n) is 18.5. The highest BCUT2D eigenvalue weighted by Crippen LogP contribution is 2.34. The van der Waals surface area contributed by atoms with E-state index in [0.717, 1.165) is 37.5 Å². The highest BCUT2D eigenvalue weighted by molar-refractivity contribution is 7.92. The second-order valence-corrected chi connectivity index (χ2v) is 12.6. The van der Waals surface area contributed by atoms with Gasteiger partial charge in [-0.05, 0) is 81.9 Å². The Morgan fingerprint density at radius 3 is 2.29 bits per heavy atom. The summed E-state index contributed by atoms with van der Waals surface area (Å²) in [4.78, 5) is 0. The third-order valence-electron chi connectivity index (χ3n) is 6.15. The number of ether oxygens (including phenoxy) is 1. The number of sulfone groups is 1. The van der Waals surface area contributed by atoms with Crippen LogP contribution in [0.25, 0.3) is 0 Å². The van der Waals surface area contributed by atoms with Crippen LogP contribution in [-0.4, -0.2) is 25.5 Å². The molecule has 1 aliphatic rings. The van der Waals surface area contributed by atoms with Gasteiger partial charge in [-0.2, -0.15) is 0 Å². The van der Waals surface area contributed by atoms with E-state index in [-0.39, 0.29) is 0 Å². The van der Waals surface area contributed by atoms with Gasteiger partial charge in [-0.25, -0.2) is 8.42 Å². The maximum Gasteiger partial charge on any atom is 0.155 e. The van der Waals surface area contributed by atoms with E-state index in [1.807, 2.05) is 26.8 Å². The maximum absolute atomic E-state index is 12.4. The molecule has 0 heterocycles. The SMILES string of the molecule is CC(C)c1cccc(OCCCCC2CCC(CS(=O)(=O)C(C)(C)C)CC2)c1. The van der Waals surface area contributed by atoms with Crippen LogP contribution in [0.5, 0.6) is 5.75 Å². The van der Waals surface area contributed by atoms with Gasteiger partial charge in [0.25, 0.3) is 0 Å². The van der Waals surface area contributed by atoms with Gasteiger partial charge in [0.05, 0.1) is 17.1 Å². The van der Waals surface area contributed by atoms with Gasteiger partial charge in [0, 0.05) is 0 Å². The minimum Gasteiger partial charge on any atom is -0.494 e. The third kappa shape index (κ3) is 7.09. The van der Waals surface area contributed by atoms with Gasteiger partial charge in [0.15, 0.2) is 9.84 Å². The largest absolute Gasteiger partial charge is 0.494 e. The van der Waals surface area contributed by atoms with Crippen molar-refractivity contribution in [3.63, 3.8) is 0 Å². The van der Waals surface area contributed by atoms with Gasteiger partial charge in [-0.3, -0.25) is 0 Å². The van der Waals surface area contributed by atoms with Crippen molar-refractivity contribution in [1.82, 2.24) is 0 Å². The first-order chi connectivity index (χ1) is 13.1. The minimum atomic E-state index is -2.99. The van der Waals surface area contributed by atoms with Crippen LogP contribution in [-0.2, 0) is 9.84 Å². The Morgan fingerprint density at radius 1 is 1.04 bits per heavy atom. The Morgan fingerprint density at radius 2 is 1.68 bits per heavy atom. The van der Waals surface area contributed by atoms with Crippen molar-refractivity contribution in [2.75, 3.05) is 12.4 Å². The fourth-order valence-electron chi connectivity index (χ4n) is 3.94. The zero-order valence-corrected chi connectivity index (χ0v) is 19.4. The molecular weight excluding hydrogens is 368 g/mol. The first-order valence-electron chi connectivity index (χ1n) is 11.0. The summed E-state index contributed by atoms with van der Waals surface area (Å²) >= 11 is 0. The molecule has 0 spiro atoms. The molecule has 160 valence electrons. The van der Waals surface area contributed by atoms with E-state index in [2.05, 4.69) is 32.0 Å². The van der Waals surface area contributed by atoms with Crippen molar-refractivity contribution in [2.45, 2.75) is 90.2 Å². The summed E-state index contributed by atoms with van der Waals surface area (Å²) < 4.78 is 30.1. The summed E-state index contributed by atoms with van der Waals surface area (Å²) in [5.41, 5.74) is 1.32. The lowest BCUT2D eigenvalue weighted by Gasteiger charge is -2.30. The van der Waals surface area contributed by atoms with Crippen molar-refractivity contribution < 1.29 is 13.2 Å². The zero-order chi connectivity index (χ0) is 20.8. The van der Waals surface area contributed by atoms with E-state index >= 15 is 0 Å². The monoisotopic (exact) mass is 408 g/mol. The molecular formula is C24H40O3S. The van der Waals surface area contributed by atoms with Crippen molar-refractivity contribution in [1.29, 1.82) is 0 Å². The molecule has 28 heavy (non-hydrogen) atoms. The van der Waals surface area contributed by atoms with Gasteiger partial charge in [0.1, 0.15) is 5.75 Å². The summed E-state index contributed by atoms with van der Waals surface area (Å²) in [6.07, 6.45) is 8.03. The number of unbranched alkanes of at least 4 members (excludes halogenated alkanes) is 1. The van der Waals surface area contributed by atoms with Crippen molar-refractivity contribution in [2.24, 2.45) is 11.8 Å². The van der Waals surface area contributed by atoms with Gasteiger partial charge >= 0.3 is 0 Å². The van der Waals surface area contributed by atoms with Crippen LogP contribution < -0.4 is 4.74 Å². The lowest BCUT2D eigenvalue weighted by Crippen LogP contribution is -2.34. The topological polar surface area (TPSA) is 43.4 Å². The fraction of sp³-hybridized carbons (Fsp3) is 0.750. The molecule has 1 aromatic rings. The molecule has 0 amide bonds. The molecule has 1 aromatic carbocycles. The maximum atomic E-state index is 12.4. The van der Waals surface area contributed by atoms with Crippen LogP contribution in [0.15, 0.2) is 24.3 Å². The highest BCUT2D eigenvalue weighted by atomic mass is 32.2. The number of hydrogen-bond acceptors (Lipinski definition) is 3. The molecule has 0 aliphatic heterocycles. The second kappa shape index (κ2) is 10.1. The van der Waals surface area contributed by atoms with Crippen molar-refractivity contribution >= 4 is 9.84 Å². The summed E-state index contributed by atoms with van der Waals surface area (Å²) in [5.74, 6) is 2.99. The first kappa shape index (κ1) is 23.3. The summed E-state index contributed by atoms with van der Waals surface area (Å²) in [6, 6.07) is 8.42. The molecule has 0 unspecified atom stereocenters. The molecule has 0 radical (unpaired) electrons. The van der Waals surface area contributed by atoms with Gasteiger partial charge in [-0.1, -0.05) is 45.2 Å². The summed E-state index contributed by atoms with van der Waals surface area (Å²) in [5, 5.41) is 0. The van der Waals surface area contributed by atoms with Crippen LogP contribution >= 0.6 is 0 Å². The van der Waals surface area contributed by atoms with Crippen LogP contribution in [0, 0.1) is 11.8 Å². The predicted octanol–water partition coefficient (Wildman–Crippen LogP) is 6.38. The molecule has 2 rings (SSSR count). The summed E-state index contributed by atoms with van der Waals surface area (Å²) in [7, 11) is -2.99. The Kier molecular flexibility index (Phi) is 8.42. The van der Waals surface area contributed by atoms with E-state index in [0.29, 0.717) is 17.6 Å². The Labute approximate surface area is 173 Å². The standard InChI is InChI=1S/C24H40O3S/c1-19(2)22-10-8-11-23(17-22)27-16-7-6-9-20-12-14-21(15-13-20)18-28(25,26)24(3,4)5/h8,10-11,17,19-21H,6-7,9,12-16,18H2,1-5H3. The van der Waals surface area contributed by atoms with Crippen LogP contribution in [0.4, 0.5) is 0 Å². The van der Waals surface area contributed by atoms with E-state index in [4.69, 9.17) is 4.74 Å². The molecule has 3 nitrogen and oxygen atoms in total. The Bertz CT molecular complexity index is 693. The lowest BCUT2D eigenvalue weighted by molar-refractivity contribution is 0.258. The average Bonchev–Trinajstić information content (AvgIpc) is 2.62. The molecule has 1 aliphatic carbocycles. The molecule has 0 aromatic heterocycles. The molecule has 0 N–H and O–H groups in total. The first-order valence-corrected chi connectivity index (χ1v) is 12.7. The third-order valence-corrected chi connectivity index (χ3v) is 8.93. The normalized spacial score (nSPS) is 21.1. The average molecular weight is 409 g/mol. The van der Waals surface area contributed by atoms with Gasteiger partial charge < -0.3 is 4.74 Å². The Balaban J connectivity index is 1.62. The molecule has 1 fully saturated rings. The lowest BCUT2D eigenvalue weighted by atomic mass is 9.80. The summed E-state index contributed by atoms with van der Waals surface area (Å²) in [6.45, 7) is 10.6. The molecule has 1 saturated carbocycles. The predicted molar refractivity (Wildman–Crippen MR) is 119 cm³/mol. The van der Waals surface area contributed by atoms with Gasteiger partial charge in [0.2, 0.25) is 0 Å². The van der Waals surface area contributed by atoms with E-state index in [1.54, 1.807) is 0 Å². The highest BCUT2D eigenvalue weighted by Gasteiger charge is 2.33. The smallest absolute Gasteiger partial charge is 0.155 e. The van der Waals surface area contributed by atoms with E-state index in [9.17, 15) is 8.42 Å². The van der Waals surface area contributed by atoms with Crippen LogP contribution in [0.1, 0.15) is 91.0 Å². The molecule has 0 bridgehead atoms. The second-order valence-electron chi connectivity index (χ2n) is 9.85. The van der Waals surface area contributed by atoms with Crippen molar-refractivity contribution in [3.8, 4) is 5.75 Å². The molecule has 4 heteroatoms. The fourth-order valence-corrected chi connectivity index (χ4v) is 5.39.